The van der Waals surface area contributed by atoms with Crippen molar-refractivity contribution < 1.29 is 14.8 Å². The summed E-state index contributed by atoms with van der Waals surface area (Å²) in [7, 11) is 0. The van der Waals surface area contributed by atoms with Crippen molar-refractivity contribution in [3.05, 3.63) is 99.1 Å². The third-order valence-corrected chi connectivity index (χ3v) is 8.18. The molecule has 3 aromatic rings. The van der Waals surface area contributed by atoms with Gasteiger partial charge in [0.15, 0.2) is 0 Å². The van der Waals surface area contributed by atoms with Crippen LogP contribution in [-0.2, 0) is 12.0 Å². The number of nitrogens with one attached hydrogen (secondary N) is 1. The number of anilines is 1. The molecule has 0 saturated heterocycles. The van der Waals surface area contributed by atoms with Crippen LogP contribution in [0.4, 0.5) is 16.2 Å². The highest BCUT2D eigenvalue weighted by molar-refractivity contribution is 5.91. The fourth-order valence-corrected chi connectivity index (χ4v) is 6.09. The summed E-state index contributed by atoms with van der Waals surface area (Å²) in [6.07, 6.45) is 4.53. The van der Waals surface area contributed by atoms with E-state index in [0.717, 1.165) is 54.5 Å². The average Bonchev–Trinajstić information content (AvgIpc) is 2.94. The van der Waals surface area contributed by atoms with E-state index < -0.39 is 5.41 Å². The molecular formula is C33H41N3O4. The van der Waals surface area contributed by atoms with Crippen molar-refractivity contribution in [2.45, 2.75) is 83.6 Å². The molecule has 4 rings (SSSR count). The summed E-state index contributed by atoms with van der Waals surface area (Å²) < 4.78 is 0. The zero-order valence-corrected chi connectivity index (χ0v) is 24.0. The molecule has 0 unspecified atom stereocenters. The third-order valence-electron chi connectivity index (χ3n) is 8.18. The second kappa shape index (κ2) is 12.5. The van der Waals surface area contributed by atoms with Gasteiger partial charge in [-0.05, 0) is 53.5 Å². The molecule has 0 atom stereocenters. The van der Waals surface area contributed by atoms with Gasteiger partial charge in [-0.15, -0.1) is 0 Å². The van der Waals surface area contributed by atoms with Crippen LogP contribution in [0.15, 0.2) is 66.7 Å². The average molecular weight is 544 g/mol. The summed E-state index contributed by atoms with van der Waals surface area (Å²) >= 11 is 0. The number of hydrogen-bond acceptors (Lipinski definition) is 4. The summed E-state index contributed by atoms with van der Waals surface area (Å²) in [5.74, 6) is 0.600. The van der Waals surface area contributed by atoms with E-state index in [9.17, 15) is 20.0 Å². The molecule has 1 fully saturated rings. The van der Waals surface area contributed by atoms with E-state index in [-0.39, 0.29) is 34.2 Å². The number of phenolic OH excluding ortho intramolecular Hbond substituents is 1. The van der Waals surface area contributed by atoms with Crippen molar-refractivity contribution in [2.75, 3.05) is 11.9 Å². The number of aromatic hydroxyl groups is 1. The monoisotopic (exact) mass is 543 g/mol. The number of nitro groups is 1. The third kappa shape index (κ3) is 6.46. The Kier molecular flexibility index (Phi) is 9.13. The Labute approximate surface area is 237 Å². The van der Waals surface area contributed by atoms with Crippen LogP contribution in [-0.4, -0.2) is 27.5 Å². The molecule has 1 aliphatic carbocycles. The number of amides is 2. The van der Waals surface area contributed by atoms with Gasteiger partial charge in [-0.25, -0.2) is 4.79 Å². The van der Waals surface area contributed by atoms with Gasteiger partial charge < -0.3 is 15.3 Å². The molecule has 2 N–H and O–H groups in total. The van der Waals surface area contributed by atoms with Gasteiger partial charge in [0, 0.05) is 35.8 Å². The minimum atomic E-state index is -0.533. The van der Waals surface area contributed by atoms with Crippen LogP contribution >= 0.6 is 0 Å². The van der Waals surface area contributed by atoms with Crippen LogP contribution in [0.25, 0.3) is 0 Å². The summed E-state index contributed by atoms with van der Waals surface area (Å²) in [5.41, 5.74) is 4.16. The van der Waals surface area contributed by atoms with Crippen molar-refractivity contribution in [3.63, 3.8) is 0 Å². The maximum atomic E-state index is 14.2. The number of hydrogen-bond donors (Lipinski definition) is 2. The van der Waals surface area contributed by atoms with Crippen molar-refractivity contribution in [1.29, 1.82) is 0 Å². The van der Waals surface area contributed by atoms with Crippen LogP contribution in [0.2, 0.25) is 0 Å². The van der Waals surface area contributed by atoms with Gasteiger partial charge in [-0.3, -0.25) is 10.1 Å². The maximum absolute atomic E-state index is 14.2. The molecule has 3 aromatic carbocycles. The van der Waals surface area contributed by atoms with Crippen LogP contribution in [0.3, 0.4) is 0 Å². The first-order chi connectivity index (χ1) is 19.1. The quantitative estimate of drug-likeness (QED) is 0.209. The number of carbonyl (C=O) groups is 1. The van der Waals surface area contributed by atoms with E-state index in [1.54, 1.807) is 29.2 Å². The molecule has 1 saturated carbocycles. The summed E-state index contributed by atoms with van der Waals surface area (Å²) in [6.45, 7) is 9.15. The molecule has 0 aliphatic heterocycles. The second-order valence-electron chi connectivity index (χ2n) is 11.7. The zero-order valence-electron chi connectivity index (χ0n) is 24.0. The zero-order chi connectivity index (χ0) is 28.9. The highest BCUT2D eigenvalue weighted by Gasteiger charge is 2.41. The topological polar surface area (TPSA) is 95.7 Å². The maximum Gasteiger partial charge on any atom is 0.322 e. The Morgan fingerprint density at radius 2 is 1.52 bits per heavy atom. The van der Waals surface area contributed by atoms with E-state index in [4.69, 9.17) is 0 Å². The van der Waals surface area contributed by atoms with Gasteiger partial charge in [0.2, 0.25) is 0 Å². The second-order valence-corrected chi connectivity index (χ2v) is 11.7. The van der Waals surface area contributed by atoms with Crippen LogP contribution < -0.4 is 5.32 Å². The lowest BCUT2D eigenvalue weighted by Crippen LogP contribution is -2.46. The minimum Gasteiger partial charge on any atom is -0.508 e. The molecule has 7 nitrogen and oxygen atoms in total. The molecule has 40 heavy (non-hydrogen) atoms. The van der Waals surface area contributed by atoms with Crippen LogP contribution in [0.5, 0.6) is 5.75 Å². The van der Waals surface area contributed by atoms with E-state index in [0.29, 0.717) is 18.7 Å². The number of urea groups is 1. The summed E-state index contributed by atoms with van der Waals surface area (Å²) in [6, 6.07) is 19.8. The Morgan fingerprint density at radius 3 is 2.10 bits per heavy atom. The predicted molar refractivity (Wildman–Crippen MR) is 160 cm³/mol. The van der Waals surface area contributed by atoms with E-state index >= 15 is 0 Å². The van der Waals surface area contributed by atoms with Crippen molar-refractivity contribution in [3.8, 4) is 5.75 Å². The lowest BCUT2D eigenvalue weighted by atomic mass is 9.68. The molecule has 0 bridgehead atoms. The van der Waals surface area contributed by atoms with E-state index in [1.807, 2.05) is 30.3 Å². The van der Waals surface area contributed by atoms with Crippen molar-refractivity contribution in [1.82, 2.24) is 4.90 Å². The minimum absolute atomic E-state index is 0.113. The SMILES string of the molecule is CC(C)c1cccc(C(C)C)c1NC(=O)N(Cc1ccc(O)cc1)CC1(c2ccccc2[N+](=O)[O-])CCCCC1. The number of nitro benzene ring substituents is 1. The van der Waals surface area contributed by atoms with E-state index in [2.05, 4.69) is 45.1 Å². The standard InChI is InChI=1S/C33H41N3O4/c1-23(2)27-11-10-12-28(24(3)4)31(27)34-32(38)35(21-25-15-17-26(37)18-16-25)22-33(19-8-5-9-20-33)29-13-6-7-14-30(29)36(39)40/h6-7,10-18,23-24,37H,5,8-9,19-22H2,1-4H3,(H,34,38). The van der Waals surface area contributed by atoms with Gasteiger partial charge in [-0.2, -0.15) is 0 Å². The molecule has 0 aromatic heterocycles. The molecule has 0 radical (unpaired) electrons. The number of carbonyl (C=O) groups excluding carboxylic acids is 1. The van der Waals surface area contributed by atoms with Crippen molar-refractivity contribution in [2.24, 2.45) is 0 Å². The first kappa shape index (κ1) is 29.1. The molecule has 1 aliphatic rings. The Morgan fingerprint density at radius 1 is 0.925 bits per heavy atom. The summed E-state index contributed by atoms with van der Waals surface area (Å²) in [4.78, 5) is 27.8. The van der Waals surface area contributed by atoms with Gasteiger partial charge in [0.25, 0.3) is 5.69 Å². The molecule has 0 heterocycles. The molecular weight excluding hydrogens is 502 g/mol. The van der Waals surface area contributed by atoms with Crippen LogP contribution in [0, 0.1) is 10.1 Å². The number of rotatable bonds is 9. The Hall–Kier alpha value is -3.87. The first-order valence-electron chi connectivity index (χ1n) is 14.3. The number of nitrogens with zero attached hydrogens (tertiary/aromatic N) is 2. The van der Waals surface area contributed by atoms with Gasteiger partial charge in [0.1, 0.15) is 5.75 Å². The van der Waals surface area contributed by atoms with Gasteiger partial charge >= 0.3 is 6.03 Å². The Balaban J connectivity index is 1.77. The lowest BCUT2D eigenvalue weighted by molar-refractivity contribution is -0.386. The summed E-state index contributed by atoms with van der Waals surface area (Å²) in [5, 5.41) is 25.2. The molecule has 2 amide bonds. The molecule has 212 valence electrons. The lowest BCUT2D eigenvalue weighted by Gasteiger charge is -2.41. The van der Waals surface area contributed by atoms with Crippen LogP contribution in [0.1, 0.15) is 93.9 Å². The smallest absolute Gasteiger partial charge is 0.322 e. The fourth-order valence-electron chi connectivity index (χ4n) is 6.09. The van der Waals surface area contributed by atoms with E-state index in [1.165, 1.54) is 0 Å². The van der Waals surface area contributed by atoms with Gasteiger partial charge in [-0.1, -0.05) is 95.5 Å². The predicted octanol–water partition coefficient (Wildman–Crippen LogP) is 8.48. The molecule has 0 spiro atoms. The van der Waals surface area contributed by atoms with Crippen molar-refractivity contribution >= 4 is 17.4 Å². The molecule has 7 heteroatoms. The number of phenols is 1. The highest BCUT2D eigenvalue weighted by Crippen LogP contribution is 2.44. The number of benzene rings is 3. The fraction of sp³-hybridized carbons (Fsp3) is 0.424. The number of para-hydroxylation sites is 2. The first-order valence-corrected chi connectivity index (χ1v) is 14.3. The normalized spacial score (nSPS) is 14.8. The van der Waals surface area contributed by atoms with Gasteiger partial charge in [0.05, 0.1) is 4.92 Å². The Bertz CT molecular complexity index is 1300. The highest BCUT2D eigenvalue weighted by atomic mass is 16.6. The largest absolute Gasteiger partial charge is 0.508 e.